The van der Waals surface area contributed by atoms with Crippen LogP contribution < -0.4 is 10.0 Å². The lowest BCUT2D eigenvalue weighted by molar-refractivity contribution is 0.260. The highest BCUT2D eigenvalue weighted by atomic mass is 32.2. The number of benzene rings is 1. The van der Waals surface area contributed by atoms with Gasteiger partial charge in [0.15, 0.2) is 0 Å². The quantitative estimate of drug-likeness (QED) is 0.814. The van der Waals surface area contributed by atoms with Crippen molar-refractivity contribution < 1.29 is 8.42 Å². The van der Waals surface area contributed by atoms with Crippen LogP contribution in [0.25, 0.3) is 0 Å². The zero-order valence-electron chi connectivity index (χ0n) is 13.1. The van der Waals surface area contributed by atoms with Crippen molar-refractivity contribution in [2.75, 3.05) is 6.54 Å². The molecule has 1 aliphatic rings. The molecular formula is C16H26N2O2S. The monoisotopic (exact) mass is 310 g/mol. The Morgan fingerprint density at radius 2 is 2.05 bits per heavy atom. The first-order valence-electron chi connectivity index (χ1n) is 7.77. The molecule has 1 aromatic carbocycles. The van der Waals surface area contributed by atoms with E-state index in [-0.39, 0.29) is 6.04 Å². The molecule has 118 valence electrons. The van der Waals surface area contributed by atoms with Gasteiger partial charge in [0.1, 0.15) is 0 Å². The van der Waals surface area contributed by atoms with E-state index in [9.17, 15) is 8.42 Å². The van der Waals surface area contributed by atoms with Crippen LogP contribution in [-0.2, 0) is 16.6 Å². The van der Waals surface area contributed by atoms with Crippen LogP contribution in [-0.4, -0.2) is 21.0 Å². The van der Waals surface area contributed by atoms with Gasteiger partial charge in [-0.3, -0.25) is 0 Å². The summed E-state index contributed by atoms with van der Waals surface area (Å²) >= 11 is 0. The topological polar surface area (TPSA) is 58.2 Å². The molecule has 1 atom stereocenters. The van der Waals surface area contributed by atoms with Gasteiger partial charge in [-0.15, -0.1) is 0 Å². The third-order valence-corrected chi connectivity index (χ3v) is 6.15. The van der Waals surface area contributed by atoms with Gasteiger partial charge in [0, 0.05) is 12.6 Å². The molecule has 0 aliphatic heterocycles. The largest absolute Gasteiger partial charge is 0.313 e. The second-order valence-corrected chi connectivity index (χ2v) is 7.60. The first-order chi connectivity index (χ1) is 9.95. The van der Waals surface area contributed by atoms with Gasteiger partial charge in [0.05, 0.1) is 4.90 Å². The number of hydrogen-bond acceptors (Lipinski definition) is 3. The Labute approximate surface area is 128 Å². The fourth-order valence-corrected chi connectivity index (χ4v) is 4.35. The van der Waals surface area contributed by atoms with E-state index < -0.39 is 10.0 Å². The summed E-state index contributed by atoms with van der Waals surface area (Å²) in [7, 11) is -3.44. The fraction of sp³-hybridized carbons (Fsp3) is 0.625. The average Bonchev–Trinajstić information content (AvgIpc) is 2.34. The second-order valence-electron chi connectivity index (χ2n) is 5.92. The summed E-state index contributed by atoms with van der Waals surface area (Å²) in [5.74, 6) is 0.491. The van der Waals surface area contributed by atoms with Crippen LogP contribution in [0, 0.1) is 12.8 Å². The molecule has 1 fully saturated rings. The van der Waals surface area contributed by atoms with Crippen LogP contribution in [0.5, 0.6) is 0 Å². The number of nitrogens with one attached hydrogen (secondary N) is 2. The molecule has 4 nitrogen and oxygen atoms in total. The first-order valence-corrected chi connectivity index (χ1v) is 9.25. The molecule has 0 radical (unpaired) electrons. The third-order valence-electron chi connectivity index (χ3n) is 4.45. The van der Waals surface area contributed by atoms with E-state index >= 15 is 0 Å². The van der Waals surface area contributed by atoms with E-state index in [4.69, 9.17) is 0 Å². The molecule has 1 aliphatic carbocycles. The van der Waals surface area contributed by atoms with Crippen LogP contribution in [0.15, 0.2) is 23.1 Å². The van der Waals surface area contributed by atoms with Crippen LogP contribution in [0.2, 0.25) is 0 Å². The average molecular weight is 310 g/mol. The van der Waals surface area contributed by atoms with Gasteiger partial charge in [-0.1, -0.05) is 25.5 Å². The summed E-state index contributed by atoms with van der Waals surface area (Å²) in [5, 5.41) is 3.25. The predicted octanol–water partition coefficient (Wildman–Crippen LogP) is 2.57. The minimum absolute atomic E-state index is 0.0144. The van der Waals surface area contributed by atoms with Crippen LogP contribution in [0.3, 0.4) is 0 Å². The Bertz CT molecular complexity index is 580. The van der Waals surface area contributed by atoms with Crippen LogP contribution in [0.1, 0.15) is 44.2 Å². The Hall–Kier alpha value is -0.910. The second kappa shape index (κ2) is 6.90. The lowest BCUT2D eigenvalue weighted by Crippen LogP contribution is -2.40. The highest BCUT2D eigenvalue weighted by Crippen LogP contribution is 2.30. The molecule has 0 amide bonds. The Morgan fingerprint density at radius 1 is 1.33 bits per heavy atom. The summed E-state index contributed by atoms with van der Waals surface area (Å²) < 4.78 is 28.1. The van der Waals surface area contributed by atoms with Gasteiger partial charge in [-0.05, 0) is 56.3 Å². The fourth-order valence-electron chi connectivity index (χ4n) is 2.75. The van der Waals surface area contributed by atoms with Crippen molar-refractivity contribution in [3.63, 3.8) is 0 Å². The molecule has 1 unspecified atom stereocenters. The number of rotatable bonds is 7. The lowest BCUT2D eigenvalue weighted by atomic mass is 9.81. The molecule has 5 heteroatoms. The van der Waals surface area contributed by atoms with E-state index in [0.29, 0.717) is 17.4 Å². The van der Waals surface area contributed by atoms with Gasteiger partial charge in [0.2, 0.25) is 10.0 Å². The highest BCUT2D eigenvalue weighted by Gasteiger charge is 2.28. The number of hydrogen-bond donors (Lipinski definition) is 2. The smallest absolute Gasteiger partial charge is 0.241 e. The minimum Gasteiger partial charge on any atom is -0.313 e. The summed E-state index contributed by atoms with van der Waals surface area (Å²) in [6, 6.07) is 5.51. The first kappa shape index (κ1) is 16.5. The van der Waals surface area contributed by atoms with E-state index in [1.165, 1.54) is 6.42 Å². The normalized spacial score (nSPS) is 17.5. The van der Waals surface area contributed by atoms with Crippen molar-refractivity contribution in [2.45, 2.75) is 57.5 Å². The molecule has 1 aromatic rings. The van der Waals surface area contributed by atoms with Crippen molar-refractivity contribution >= 4 is 10.0 Å². The Morgan fingerprint density at radius 3 is 2.62 bits per heavy atom. The SMILES string of the molecule is CCNCc1cccc(S(=O)(=O)NC(C)C2CCC2)c1C. The minimum atomic E-state index is -3.44. The summed E-state index contributed by atoms with van der Waals surface area (Å²) in [5.41, 5.74) is 1.88. The van der Waals surface area contributed by atoms with E-state index in [0.717, 1.165) is 30.5 Å². The predicted molar refractivity (Wildman–Crippen MR) is 85.7 cm³/mol. The maximum absolute atomic E-state index is 12.6. The summed E-state index contributed by atoms with van der Waals surface area (Å²) in [4.78, 5) is 0.407. The van der Waals surface area contributed by atoms with Crippen LogP contribution in [0.4, 0.5) is 0 Å². The van der Waals surface area contributed by atoms with Crippen molar-refractivity contribution in [1.82, 2.24) is 10.0 Å². The zero-order chi connectivity index (χ0) is 15.5. The molecule has 0 bridgehead atoms. The molecule has 1 saturated carbocycles. The van der Waals surface area contributed by atoms with Gasteiger partial charge < -0.3 is 5.32 Å². The standard InChI is InChI=1S/C16H26N2O2S/c1-4-17-11-15-9-6-10-16(12(15)2)21(19,20)18-13(3)14-7-5-8-14/h6,9-10,13-14,17-18H,4-5,7-8,11H2,1-3H3. The van der Waals surface area contributed by atoms with E-state index in [1.54, 1.807) is 6.07 Å². The van der Waals surface area contributed by atoms with Gasteiger partial charge in [-0.25, -0.2) is 13.1 Å². The molecule has 2 N–H and O–H groups in total. The molecule has 21 heavy (non-hydrogen) atoms. The summed E-state index contributed by atoms with van der Waals surface area (Å²) in [6.45, 7) is 7.46. The third kappa shape index (κ3) is 3.84. The number of sulfonamides is 1. The zero-order valence-corrected chi connectivity index (χ0v) is 14.0. The molecule has 0 spiro atoms. The van der Waals surface area contributed by atoms with Gasteiger partial charge >= 0.3 is 0 Å². The Balaban J connectivity index is 2.18. The molecule has 2 rings (SSSR count). The molecular weight excluding hydrogens is 284 g/mol. The lowest BCUT2D eigenvalue weighted by Gasteiger charge is -2.31. The molecule has 0 saturated heterocycles. The summed E-state index contributed by atoms with van der Waals surface area (Å²) in [6.07, 6.45) is 3.47. The van der Waals surface area contributed by atoms with Crippen molar-refractivity contribution in [3.05, 3.63) is 29.3 Å². The van der Waals surface area contributed by atoms with Crippen molar-refractivity contribution in [2.24, 2.45) is 5.92 Å². The maximum atomic E-state index is 12.6. The van der Waals surface area contributed by atoms with Crippen molar-refractivity contribution in [3.8, 4) is 0 Å². The van der Waals surface area contributed by atoms with Crippen LogP contribution >= 0.6 is 0 Å². The maximum Gasteiger partial charge on any atom is 0.241 e. The van der Waals surface area contributed by atoms with E-state index in [1.807, 2.05) is 32.9 Å². The molecule has 0 heterocycles. The van der Waals surface area contributed by atoms with Gasteiger partial charge in [0.25, 0.3) is 0 Å². The van der Waals surface area contributed by atoms with Gasteiger partial charge in [-0.2, -0.15) is 0 Å². The van der Waals surface area contributed by atoms with Crippen molar-refractivity contribution in [1.29, 1.82) is 0 Å². The molecule has 0 aromatic heterocycles. The Kier molecular flexibility index (Phi) is 5.41. The van der Waals surface area contributed by atoms with E-state index in [2.05, 4.69) is 10.0 Å². The highest BCUT2D eigenvalue weighted by molar-refractivity contribution is 7.89.